The topological polar surface area (TPSA) is 208 Å². The van der Waals surface area contributed by atoms with Crippen molar-refractivity contribution in [2.24, 2.45) is 17.6 Å². The van der Waals surface area contributed by atoms with Gasteiger partial charge in [-0.2, -0.15) is 0 Å². The predicted octanol–water partition coefficient (Wildman–Crippen LogP) is -0.0222. The summed E-state index contributed by atoms with van der Waals surface area (Å²) in [6.07, 6.45) is -0.475. The van der Waals surface area contributed by atoms with Gasteiger partial charge in [0.05, 0.1) is 12.5 Å². The molecule has 0 aliphatic carbocycles. The number of hydrogen-bond acceptors (Lipinski definition) is 7. The van der Waals surface area contributed by atoms with E-state index in [1.807, 2.05) is 13.8 Å². The van der Waals surface area contributed by atoms with Crippen LogP contribution in [0.2, 0.25) is 0 Å². The number of carbonyl (C=O) groups is 5. The number of benzene rings is 1. The Bertz CT molecular complexity index is 933. The monoisotopic (exact) mass is 508 g/mol. The van der Waals surface area contributed by atoms with Crippen molar-refractivity contribution in [2.45, 2.75) is 71.1 Å². The summed E-state index contributed by atoms with van der Waals surface area (Å²) in [5, 5.41) is 35.0. The van der Waals surface area contributed by atoms with Crippen molar-refractivity contribution in [3.05, 3.63) is 29.8 Å². The number of nitrogens with one attached hydrogen (secondary N) is 3. The van der Waals surface area contributed by atoms with E-state index in [1.54, 1.807) is 26.0 Å². The van der Waals surface area contributed by atoms with Gasteiger partial charge in [-0.15, -0.1) is 0 Å². The molecule has 0 heterocycles. The van der Waals surface area contributed by atoms with Crippen LogP contribution in [0, 0.1) is 11.8 Å². The van der Waals surface area contributed by atoms with Crippen LogP contribution >= 0.6 is 0 Å². The zero-order chi connectivity index (χ0) is 27.6. The number of aromatic hydroxyl groups is 1. The highest BCUT2D eigenvalue weighted by atomic mass is 16.4. The zero-order valence-corrected chi connectivity index (χ0v) is 20.9. The lowest BCUT2D eigenvalue weighted by atomic mass is 10.0. The lowest BCUT2D eigenvalue weighted by Gasteiger charge is -2.26. The molecule has 0 fully saturated rings. The number of carboxylic acid groups (broad SMARTS) is 2. The lowest BCUT2D eigenvalue weighted by molar-refractivity contribution is -0.144. The minimum absolute atomic E-state index is 0.0570. The van der Waals surface area contributed by atoms with Crippen LogP contribution in [0.25, 0.3) is 0 Å². The van der Waals surface area contributed by atoms with Gasteiger partial charge in [-0.25, -0.2) is 4.79 Å². The molecule has 12 heteroatoms. The number of amides is 3. The van der Waals surface area contributed by atoms with Gasteiger partial charge >= 0.3 is 11.9 Å². The molecule has 8 N–H and O–H groups in total. The molecule has 0 aliphatic rings. The normalized spacial score (nSPS) is 14.4. The Labute approximate surface area is 209 Å². The molecule has 1 rings (SSSR count). The number of nitrogens with two attached hydrogens (primary N) is 1. The molecule has 200 valence electrons. The van der Waals surface area contributed by atoms with Crippen LogP contribution < -0.4 is 21.7 Å². The maximum Gasteiger partial charge on any atom is 0.326 e. The largest absolute Gasteiger partial charge is 0.508 e. The van der Waals surface area contributed by atoms with E-state index in [1.165, 1.54) is 12.1 Å². The molecule has 12 nitrogen and oxygen atoms in total. The summed E-state index contributed by atoms with van der Waals surface area (Å²) in [6, 6.07) is 1.15. The minimum atomic E-state index is -1.56. The number of carbonyl (C=O) groups excluding carboxylic acids is 3. The standard InChI is InChI=1S/C24H36N4O8/c1-12(2)9-17(26-21(32)16(25)10-14-5-7-15(29)8-6-14)22(33)27-18(11-19(30)31)23(34)28-20(13(3)4)24(35)36/h5-8,12-13,16-18,20,29H,9-11,25H2,1-4H3,(H,26,32)(H,27,33)(H,28,34)(H,30,31)(H,35,36)/t16-,17-,18-,20-/m0/s1. The highest BCUT2D eigenvalue weighted by molar-refractivity contribution is 5.95. The summed E-state index contributed by atoms with van der Waals surface area (Å²) in [7, 11) is 0. The average molecular weight is 509 g/mol. The molecule has 0 bridgehead atoms. The summed E-state index contributed by atoms with van der Waals surface area (Å²) in [4.78, 5) is 61.1. The van der Waals surface area contributed by atoms with Crippen LogP contribution in [0.5, 0.6) is 5.75 Å². The quantitative estimate of drug-likeness (QED) is 0.180. The number of aliphatic carboxylic acids is 2. The van der Waals surface area contributed by atoms with Gasteiger partial charge in [0.2, 0.25) is 17.7 Å². The number of phenolic OH excluding ortho intramolecular Hbond substituents is 1. The Hall–Kier alpha value is -3.67. The molecule has 0 radical (unpaired) electrons. The fourth-order valence-electron chi connectivity index (χ4n) is 3.38. The van der Waals surface area contributed by atoms with Crippen LogP contribution in [-0.2, 0) is 30.4 Å². The van der Waals surface area contributed by atoms with Crippen LogP contribution in [0.3, 0.4) is 0 Å². The first-order valence-corrected chi connectivity index (χ1v) is 11.6. The molecule has 0 saturated carbocycles. The number of hydrogen-bond donors (Lipinski definition) is 7. The Morgan fingerprint density at radius 3 is 1.83 bits per heavy atom. The highest BCUT2D eigenvalue weighted by Crippen LogP contribution is 2.12. The summed E-state index contributed by atoms with van der Waals surface area (Å²) < 4.78 is 0. The van der Waals surface area contributed by atoms with E-state index in [4.69, 9.17) is 5.73 Å². The van der Waals surface area contributed by atoms with Gasteiger partial charge in [0, 0.05) is 0 Å². The molecule has 4 atom stereocenters. The third-order valence-corrected chi connectivity index (χ3v) is 5.31. The van der Waals surface area contributed by atoms with Crippen molar-refractivity contribution in [3.8, 4) is 5.75 Å². The Balaban J connectivity index is 2.98. The first kappa shape index (κ1) is 30.4. The van der Waals surface area contributed by atoms with E-state index in [-0.39, 0.29) is 24.5 Å². The lowest BCUT2D eigenvalue weighted by Crippen LogP contribution is -2.58. The molecule has 1 aromatic rings. The average Bonchev–Trinajstić information content (AvgIpc) is 2.76. The number of rotatable bonds is 14. The molecule has 0 spiro atoms. The maximum absolute atomic E-state index is 13.0. The van der Waals surface area contributed by atoms with Crippen molar-refractivity contribution in [3.63, 3.8) is 0 Å². The number of carboxylic acids is 2. The zero-order valence-electron chi connectivity index (χ0n) is 20.9. The maximum atomic E-state index is 13.0. The first-order valence-electron chi connectivity index (χ1n) is 11.6. The fourth-order valence-corrected chi connectivity index (χ4v) is 3.38. The Morgan fingerprint density at radius 1 is 0.833 bits per heavy atom. The van der Waals surface area contributed by atoms with Crippen LogP contribution in [0.15, 0.2) is 24.3 Å². The first-order chi connectivity index (χ1) is 16.7. The second kappa shape index (κ2) is 14.0. The minimum Gasteiger partial charge on any atom is -0.508 e. The molecule has 3 amide bonds. The van der Waals surface area contributed by atoms with Gasteiger partial charge in [0.25, 0.3) is 0 Å². The highest BCUT2D eigenvalue weighted by Gasteiger charge is 2.32. The van der Waals surface area contributed by atoms with Gasteiger partial charge in [-0.1, -0.05) is 39.8 Å². The van der Waals surface area contributed by atoms with E-state index in [0.717, 1.165) is 0 Å². The smallest absolute Gasteiger partial charge is 0.326 e. The van der Waals surface area contributed by atoms with Crippen LogP contribution in [0.4, 0.5) is 0 Å². The third-order valence-electron chi connectivity index (χ3n) is 5.31. The second-order valence-corrected chi connectivity index (χ2v) is 9.40. The SMILES string of the molecule is CC(C)C[C@H](NC(=O)[C@@H](N)Cc1ccc(O)cc1)C(=O)N[C@@H](CC(=O)O)C(=O)N[C@H](C(=O)O)C(C)C. The van der Waals surface area contributed by atoms with Crippen molar-refractivity contribution in [2.75, 3.05) is 0 Å². The molecular weight excluding hydrogens is 472 g/mol. The van der Waals surface area contributed by atoms with E-state index < -0.39 is 66.2 Å². The Morgan fingerprint density at radius 2 is 1.36 bits per heavy atom. The molecule has 0 saturated heterocycles. The van der Waals surface area contributed by atoms with E-state index >= 15 is 0 Å². The van der Waals surface area contributed by atoms with Gasteiger partial charge < -0.3 is 37.0 Å². The number of phenols is 1. The van der Waals surface area contributed by atoms with Crippen LogP contribution in [-0.4, -0.2) is 69.1 Å². The molecule has 36 heavy (non-hydrogen) atoms. The van der Waals surface area contributed by atoms with Crippen molar-refractivity contribution in [1.29, 1.82) is 0 Å². The van der Waals surface area contributed by atoms with E-state index in [0.29, 0.717) is 5.56 Å². The van der Waals surface area contributed by atoms with E-state index in [2.05, 4.69) is 16.0 Å². The summed E-state index contributed by atoms with van der Waals surface area (Å²) >= 11 is 0. The summed E-state index contributed by atoms with van der Waals surface area (Å²) in [5.41, 5.74) is 6.68. The molecule has 0 aromatic heterocycles. The van der Waals surface area contributed by atoms with Crippen LogP contribution in [0.1, 0.15) is 46.1 Å². The molecule has 0 aliphatic heterocycles. The van der Waals surface area contributed by atoms with Crippen molar-refractivity contribution < 1.29 is 39.3 Å². The van der Waals surface area contributed by atoms with Gasteiger partial charge in [-0.05, 0) is 42.4 Å². The van der Waals surface area contributed by atoms with Crippen molar-refractivity contribution in [1.82, 2.24) is 16.0 Å². The second-order valence-electron chi connectivity index (χ2n) is 9.40. The van der Waals surface area contributed by atoms with Gasteiger partial charge in [0.15, 0.2) is 0 Å². The predicted molar refractivity (Wildman–Crippen MR) is 130 cm³/mol. The fraction of sp³-hybridized carbons (Fsp3) is 0.542. The molecular formula is C24H36N4O8. The van der Waals surface area contributed by atoms with E-state index in [9.17, 15) is 39.3 Å². The van der Waals surface area contributed by atoms with Gasteiger partial charge in [0.1, 0.15) is 23.9 Å². The summed E-state index contributed by atoms with van der Waals surface area (Å²) in [6.45, 7) is 6.76. The molecule has 1 aromatic carbocycles. The summed E-state index contributed by atoms with van der Waals surface area (Å²) in [5.74, 6) is -5.56. The third kappa shape index (κ3) is 10.3. The van der Waals surface area contributed by atoms with Crippen molar-refractivity contribution >= 4 is 29.7 Å². The Kier molecular flexibility index (Phi) is 11.8. The molecule has 0 unspecified atom stereocenters. The van der Waals surface area contributed by atoms with Gasteiger partial charge in [-0.3, -0.25) is 19.2 Å².